The van der Waals surface area contributed by atoms with E-state index in [2.05, 4.69) is 27.1 Å². The molecule has 0 atom stereocenters. The molecular formula is C18H25FN4. The van der Waals surface area contributed by atoms with E-state index in [0.29, 0.717) is 0 Å². The van der Waals surface area contributed by atoms with Gasteiger partial charge in [-0.05, 0) is 48.9 Å². The Hall–Kier alpha value is -2.04. The van der Waals surface area contributed by atoms with E-state index >= 15 is 0 Å². The molecule has 1 aliphatic heterocycles. The fourth-order valence-corrected chi connectivity index (χ4v) is 3.23. The van der Waals surface area contributed by atoms with Gasteiger partial charge in [-0.2, -0.15) is 0 Å². The maximum atomic E-state index is 13.2. The number of aromatic nitrogens is 1. The minimum absolute atomic E-state index is 0.205. The van der Waals surface area contributed by atoms with E-state index in [9.17, 15) is 4.39 Å². The number of aromatic amines is 1. The smallest absolute Gasteiger partial charge is 0.193 e. The zero-order chi connectivity index (χ0) is 16.2. The highest BCUT2D eigenvalue weighted by Crippen LogP contribution is 2.19. The molecule has 4 nitrogen and oxygen atoms in total. The number of rotatable bonds is 3. The molecule has 1 fully saturated rings. The molecular weight excluding hydrogens is 291 g/mol. The van der Waals surface area contributed by atoms with Gasteiger partial charge in [0.05, 0.1) is 0 Å². The van der Waals surface area contributed by atoms with Crippen LogP contribution in [0.15, 0.2) is 29.4 Å². The number of nitrogens with one attached hydrogen (secondary N) is 2. The van der Waals surface area contributed by atoms with Crippen LogP contribution >= 0.6 is 0 Å². The number of hydrogen-bond donors (Lipinski definition) is 2. The van der Waals surface area contributed by atoms with E-state index in [4.69, 9.17) is 0 Å². The SMILES string of the molecule is CN=C(NCCc1c[nH]c2cc(F)ccc12)N1CCC(C)CC1. The van der Waals surface area contributed by atoms with Gasteiger partial charge in [0.15, 0.2) is 5.96 Å². The van der Waals surface area contributed by atoms with Gasteiger partial charge in [0.2, 0.25) is 0 Å². The number of likely N-dealkylation sites (tertiary alicyclic amines) is 1. The van der Waals surface area contributed by atoms with Crippen molar-refractivity contribution < 1.29 is 4.39 Å². The summed E-state index contributed by atoms with van der Waals surface area (Å²) in [7, 11) is 1.84. The molecule has 2 N–H and O–H groups in total. The highest BCUT2D eigenvalue weighted by Gasteiger charge is 2.18. The van der Waals surface area contributed by atoms with Crippen molar-refractivity contribution in [3.05, 3.63) is 35.8 Å². The Morgan fingerprint density at radius 2 is 2.17 bits per heavy atom. The number of nitrogens with zero attached hydrogens (tertiary/aromatic N) is 2. The Morgan fingerprint density at radius 1 is 1.39 bits per heavy atom. The summed E-state index contributed by atoms with van der Waals surface area (Å²) in [5.41, 5.74) is 2.06. The summed E-state index contributed by atoms with van der Waals surface area (Å²) in [4.78, 5) is 9.88. The molecule has 0 amide bonds. The van der Waals surface area contributed by atoms with Crippen LogP contribution in [0, 0.1) is 11.7 Å². The second kappa shape index (κ2) is 7.02. The summed E-state index contributed by atoms with van der Waals surface area (Å²) < 4.78 is 13.2. The number of H-pyrrole nitrogens is 1. The van der Waals surface area contributed by atoms with Gasteiger partial charge < -0.3 is 15.2 Å². The summed E-state index contributed by atoms with van der Waals surface area (Å²) >= 11 is 0. The minimum atomic E-state index is -0.205. The lowest BCUT2D eigenvalue weighted by atomic mass is 9.99. The summed E-state index contributed by atoms with van der Waals surface area (Å²) in [6, 6.07) is 4.90. The van der Waals surface area contributed by atoms with Gasteiger partial charge in [-0.15, -0.1) is 0 Å². The van der Waals surface area contributed by atoms with E-state index in [-0.39, 0.29) is 5.82 Å². The highest BCUT2D eigenvalue weighted by molar-refractivity contribution is 5.83. The van der Waals surface area contributed by atoms with Crippen molar-refractivity contribution in [1.82, 2.24) is 15.2 Å². The number of hydrogen-bond acceptors (Lipinski definition) is 1. The van der Waals surface area contributed by atoms with Gasteiger partial charge >= 0.3 is 0 Å². The molecule has 1 saturated heterocycles. The molecule has 3 rings (SSSR count). The van der Waals surface area contributed by atoms with Gasteiger partial charge in [0.25, 0.3) is 0 Å². The van der Waals surface area contributed by atoms with Crippen LogP contribution in [-0.2, 0) is 6.42 Å². The van der Waals surface area contributed by atoms with Crippen LogP contribution in [0.4, 0.5) is 4.39 Å². The first-order valence-electron chi connectivity index (χ1n) is 8.38. The average Bonchev–Trinajstić information content (AvgIpc) is 2.95. The third-order valence-electron chi connectivity index (χ3n) is 4.70. The molecule has 0 saturated carbocycles. The van der Waals surface area contributed by atoms with Crippen molar-refractivity contribution in [1.29, 1.82) is 0 Å². The van der Waals surface area contributed by atoms with Gasteiger partial charge in [-0.3, -0.25) is 4.99 Å². The molecule has 2 aromatic rings. The average molecular weight is 316 g/mol. The van der Waals surface area contributed by atoms with Crippen LogP contribution in [0.2, 0.25) is 0 Å². The lowest BCUT2D eigenvalue weighted by Crippen LogP contribution is -2.45. The largest absolute Gasteiger partial charge is 0.361 e. The van der Waals surface area contributed by atoms with Crippen LogP contribution in [0.5, 0.6) is 0 Å². The van der Waals surface area contributed by atoms with E-state index in [0.717, 1.165) is 48.8 Å². The molecule has 5 heteroatoms. The van der Waals surface area contributed by atoms with Crippen molar-refractivity contribution in [3.8, 4) is 0 Å². The van der Waals surface area contributed by atoms with Crippen molar-refractivity contribution in [2.24, 2.45) is 10.9 Å². The summed E-state index contributed by atoms with van der Waals surface area (Å²) in [5, 5.41) is 4.55. The highest BCUT2D eigenvalue weighted by atomic mass is 19.1. The number of benzene rings is 1. The molecule has 1 aromatic carbocycles. The third kappa shape index (κ3) is 3.66. The van der Waals surface area contributed by atoms with Gasteiger partial charge in [0.1, 0.15) is 5.82 Å². The van der Waals surface area contributed by atoms with Crippen LogP contribution < -0.4 is 5.32 Å². The maximum Gasteiger partial charge on any atom is 0.193 e. The molecule has 0 spiro atoms. The second-order valence-corrected chi connectivity index (χ2v) is 6.40. The van der Waals surface area contributed by atoms with Gasteiger partial charge in [-0.1, -0.05) is 6.92 Å². The first kappa shape index (κ1) is 15.8. The molecule has 0 radical (unpaired) electrons. The molecule has 1 aliphatic rings. The number of halogens is 1. The van der Waals surface area contributed by atoms with Crippen molar-refractivity contribution >= 4 is 16.9 Å². The Labute approximate surface area is 136 Å². The first-order chi connectivity index (χ1) is 11.2. The quantitative estimate of drug-likeness (QED) is 0.675. The lowest BCUT2D eigenvalue weighted by molar-refractivity contribution is 0.273. The van der Waals surface area contributed by atoms with E-state index in [1.807, 2.05) is 19.3 Å². The Bertz CT molecular complexity index is 683. The molecule has 2 heterocycles. The number of fused-ring (bicyclic) bond motifs is 1. The van der Waals surface area contributed by atoms with Crippen molar-refractivity contribution in [2.75, 3.05) is 26.7 Å². The Morgan fingerprint density at radius 3 is 2.91 bits per heavy atom. The predicted molar refractivity (Wildman–Crippen MR) is 93.3 cm³/mol. The standard InChI is InChI=1S/C18H25FN4/c1-13-6-9-23(10-7-13)18(20-2)21-8-5-14-12-22-17-11-15(19)3-4-16(14)17/h3-4,11-13,22H,5-10H2,1-2H3,(H,20,21). The second-order valence-electron chi connectivity index (χ2n) is 6.40. The van der Waals surface area contributed by atoms with Crippen LogP contribution in [-0.4, -0.2) is 42.5 Å². The predicted octanol–water partition coefficient (Wildman–Crippen LogP) is 3.16. The molecule has 124 valence electrons. The first-order valence-corrected chi connectivity index (χ1v) is 8.38. The molecule has 1 aromatic heterocycles. The zero-order valence-electron chi connectivity index (χ0n) is 13.9. The number of guanidine groups is 1. The number of piperidine rings is 1. The topological polar surface area (TPSA) is 43.4 Å². The minimum Gasteiger partial charge on any atom is -0.361 e. The van der Waals surface area contributed by atoms with Crippen molar-refractivity contribution in [3.63, 3.8) is 0 Å². The Kier molecular flexibility index (Phi) is 4.84. The molecule has 0 bridgehead atoms. The number of aliphatic imine (C=N–C) groups is 1. The third-order valence-corrected chi connectivity index (χ3v) is 4.70. The van der Waals surface area contributed by atoms with E-state index in [1.165, 1.54) is 24.5 Å². The summed E-state index contributed by atoms with van der Waals surface area (Å²) in [6.07, 6.45) is 5.31. The van der Waals surface area contributed by atoms with E-state index < -0.39 is 0 Å². The summed E-state index contributed by atoms with van der Waals surface area (Å²) in [6.45, 7) is 5.29. The fraction of sp³-hybridized carbons (Fsp3) is 0.500. The van der Waals surface area contributed by atoms with Crippen LogP contribution in [0.1, 0.15) is 25.3 Å². The molecule has 0 aliphatic carbocycles. The van der Waals surface area contributed by atoms with Crippen molar-refractivity contribution in [2.45, 2.75) is 26.2 Å². The summed E-state index contributed by atoms with van der Waals surface area (Å²) in [5.74, 6) is 1.60. The Balaban J connectivity index is 1.57. The van der Waals surface area contributed by atoms with Crippen LogP contribution in [0.25, 0.3) is 10.9 Å². The monoisotopic (exact) mass is 316 g/mol. The molecule has 23 heavy (non-hydrogen) atoms. The normalized spacial score (nSPS) is 17.0. The zero-order valence-corrected chi connectivity index (χ0v) is 13.9. The van der Waals surface area contributed by atoms with Gasteiger partial charge in [0, 0.05) is 43.8 Å². The van der Waals surface area contributed by atoms with Crippen LogP contribution in [0.3, 0.4) is 0 Å². The fourth-order valence-electron chi connectivity index (χ4n) is 3.23. The lowest BCUT2D eigenvalue weighted by Gasteiger charge is -2.32. The maximum absolute atomic E-state index is 13.2. The molecule has 0 unspecified atom stereocenters. The van der Waals surface area contributed by atoms with E-state index in [1.54, 1.807) is 6.07 Å². The van der Waals surface area contributed by atoms with Gasteiger partial charge in [-0.25, -0.2) is 4.39 Å².